The van der Waals surface area contributed by atoms with Crippen molar-refractivity contribution in [1.29, 1.82) is 0 Å². The van der Waals surface area contributed by atoms with Crippen LogP contribution in [0.25, 0.3) is 0 Å². The Hall–Kier alpha value is -1.70. The third-order valence-electron chi connectivity index (χ3n) is 4.25. The van der Waals surface area contributed by atoms with Gasteiger partial charge in [-0.15, -0.1) is 0 Å². The maximum absolute atomic E-state index is 14.0. The van der Waals surface area contributed by atoms with Crippen LogP contribution in [-0.2, 0) is 11.3 Å². The van der Waals surface area contributed by atoms with Crippen LogP contribution < -0.4 is 10.1 Å². The van der Waals surface area contributed by atoms with Gasteiger partial charge in [-0.2, -0.15) is 0 Å². The zero-order valence-corrected chi connectivity index (χ0v) is 13.9. The quantitative estimate of drug-likeness (QED) is 0.606. The average molecular weight is 340 g/mol. The third-order valence-corrected chi connectivity index (χ3v) is 4.25. The normalized spacial score (nSPS) is 21.2. The van der Waals surface area contributed by atoms with Gasteiger partial charge < -0.3 is 25.2 Å². The summed E-state index contributed by atoms with van der Waals surface area (Å²) in [7, 11) is 1.50. The molecule has 1 amide bonds. The Morgan fingerprint density at radius 1 is 1.46 bits per heavy atom. The molecule has 0 unspecified atom stereocenters. The molecule has 1 heterocycles. The first kappa shape index (κ1) is 18.6. The molecule has 1 aromatic carbocycles. The molecule has 24 heavy (non-hydrogen) atoms. The number of piperidine rings is 1. The number of nitrogens with zero attached hydrogens (tertiary/aromatic N) is 1. The molecule has 2 rings (SSSR count). The van der Waals surface area contributed by atoms with E-state index in [0.717, 1.165) is 0 Å². The zero-order chi connectivity index (χ0) is 17.6. The molecule has 3 N–H and O–H groups in total. The highest BCUT2D eigenvalue weighted by Gasteiger charge is 2.41. The fourth-order valence-electron chi connectivity index (χ4n) is 2.88. The Labute approximate surface area is 141 Å². The molecule has 1 aromatic rings. The zero-order valence-electron chi connectivity index (χ0n) is 13.9. The summed E-state index contributed by atoms with van der Waals surface area (Å²) >= 11 is 0. The van der Waals surface area contributed by atoms with Crippen LogP contribution in [0.1, 0.15) is 24.8 Å². The molecule has 0 spiro atoms. The highest BCUT2D eigenvalue weighted by atomic mass is 19.1. The number of carbonyl (C=O) groups excluding carboxylic acids is 1. The van der Waals surface area contributed by atoms with E-state index >= 15 is 0 Å². The second-order valence-corrected chi connectivity index (χ2v) is 6.07. The van der Waals surface area contributed by atoms with Gasteiger partial charge in [-0.05, 0) is 44.0 Å². The van der Waals surface area contributed by atoms with E-state index in [1.165, 1.54) is 24.1 Å². The molecule has 0 saturated carbocycles. The first-order valence-electron chi connectivity index (χ1n) is 8.16. The van der Waals surface area contributed by atoms with Gasteiger partial charge in [0.05, 0.1) is 7.11 Å². The molecule has 0 bridgehead atoms. The molecule has 0 radical (unpaired) electrons. The molecular formula is C17H25FN2O4. The highest BCUT2D eigenvalue weighted by molar-refractivity contribution is 5.86. The van der Waals surface area contributed by atoms with Crippen LogP contribution in [0.2, 0.25) is 0 Å². The van der Waals surface area contributed by atoms with Gasteiger partial charge in [0.2, 0.25) is 0 Å². The maximum atomic E-state index is 14.0. The van der Waals surface area contributed by atoms with E-state index in [1.54, 1.807) is 6.07 Å². The number of benzene rings is 1. The van der Waals surface area contributed by atoms with E-state index in [1.807, 2.05) is 0 Å². The van der Waals surface area contributed by atoms with Crippen molar-refractivity contribution in [2.24, 2.45) is 0 Å². The second kappa shape index (κ2) is 8.41. The number of rotatable bonds is 8. The van der Waals surface area contributed by atoms with Gasteiger partial charge in [0.25, 0.3) is 5.91 Å². The van der Waals surface area contributed by atoms with E-state index in [0.29, 0.717) is 43.7 Å². The number of nitrogens with one attached hydrogen (secondary N) is 1. The minimum absolute atomic E-state index is 0.0562. The van der Waals surface area contributed by atoms with Gasteiger partial charge in [-0.25, -0.2) is 4.39 Å². The van der Waals surface area contributed by atoms with E-state index < -0.39 is 17.3 Å². The van der Waals surface area contributed by atoms with Crippen molar-refractivity contribution >= 4 is 5.91 Å². The number of hydrogen-bond acceptors (Lipinski definition) is 5. The third kappa shape index (κ3) is 4.43. The number of ether oxygens (including phenoxy) is 1. The van der Waals surface area contributed by atoms with Crippen molar-refractivity contribution in [2.45, 2.75) is 31.4 Å². The lowest BCUT2D eigenvalue weighted by atomic mass is 9.91. The summed E-state index contributed by atoms with van der Waals surface area (Å²) in [6, 6.07) is 4.40. The number of halogens is 1. The second-order valence-electron chi connectivity index (χ2n) is 6.07. The summed E-state index contributed by atoms with van der Waals surface area (Å²) in [6.07, 6.45) is 1.58. The molecule has 1 saturated heterocycles. The van der Waals surface area contributed by atoms with Crippen molar-refractivity contribution in [3.8, 4) is 5.75 Å². The summed E-state index contributed by atoms with van der Waals surface area (Å²) in [6.45, 7) is 1.29. The van der Waals surface area contributed by atoms with E-state index in [2.05, 4.69) is 5.32 Å². The summed E-state index contributed by atoms with van der Waals surface area (Å²) in [5.41, 5.74) is -1.12. The topological polar surface area (TPSA) is 82.0 Å². The van der Waals surface area contributed by atoms with Crippen LogP contribution in [0.3, 0.4) is 0 Å². The fraction of sp³-hybridized carbons (Fsp3) is 0.588. The summed E-state index contributed by atoms with van der Waals surface area (Å²) in [5.74, 6) is -0.275. The number of likely N-dealkylation sites (tertiary alicyclic amines) is 1. The van der Waals surface area contributed by atoms with Crippen molar-refractivity contribution < 1.29 is 24.1 Å². The number of carbonyl (C=O) groups is 1. The lowest BCUT2D eigenvalue weighted by molar-refractivity contribution is -0.157. The molecule has 1 aliphatic rings. The Bertz CT molecular complexity index is 570. The summed E-state index contributed by atoms with van der Waals surface area (Å²) in [4.78, 5) is 14.1. The highest BCUT2D eigenvalue weighted by Crippen LogP contribution is 2.25. The minimum Gasteiger partial charge on any atom is -0.497 e. The standard InChI is InChI=1S/C17H25FN2O4/c1-24-14-4-5-15(18)13(10-14)11-20-8-2-6-17(23,16(20)22)12-19-7-3-9-21/h4-5,10,19,21,23H,2-3,6-9,11-12H2,1H3/t17-/m1/s1. The molecule has 6 nitrogen and oxygen atoms in total. The van der Waals surface area contributed by atoms with E-state index in [-0.39, 0.29) is 19.7 Å². The molecule has 1 atom stereocenters. The van der Waals surface area contributed by atoms with Crippen LogP contribution in [0, 0.1) is 5.82 Å². The van der Waals surface area contributed by atoms with Crippen LogP contribution in [0.15, 0.2) is 18.2 Å². The molecule has 134 valence electrons. The van der Waals surface area contributed by atoms with Gasteiger partial charge in [-0.1, -0.05) is 0 Å². The number of hydrogen-bond donors (Lipinski definition) is 3. The first-order valence-corrected chi connectivity index (χ1v) is 8.16. The van der Waals surface area contributed by atoms with Gasteiger partial charge in [0.15, 0.2) is 5.60 Å². The van der Waals surface area contributed by atoms with Crippen LogP contribution >= 0.6 is 0 Å². The number of aliphatic hydroxyl groups is 2. The Morgan fingerprint density at radius 2 is 2.25 bits per heavy atom. The smallest absolute Gasteiger partial charge is 0.256 e. The monoisotopic (exact) mass is 340 g/mol. The number of aliphatic hydroxyl groups excluding tert-OH is 1. The predicted molar refractivity (Wildman–Crippen MR) is 87.1 cm³/mol. The summed E-state index contributed by atoms with van der Waals surface area (Å²) in [5, 5.41) is 22.4. The molecule has 7 heteroatoms. The van der Waals surface area contributed by atoms with E-state index in [4.69, 9.17) is 9.84 Å². The lowest BCUT2D eigenvalue weighted by Gasteiger charge is -2.38. The van der Waals surface area contributed by atoms with E-state index in [9.17, 15) is 14.3 Å². The Balaban J connectivity index is 2.04. The fourth-order valence-corrected chi connectivity index (χ4v) is 2.88. The van der Waals surface area contributed by atoms with Crippen LogP contribution in [0.4, 0.5) is 4.39 Å². The Morgan fingerprint density at radius 3 is 2.96 bits per heavy atom. The van der Waals surface area contributed by atoms with Crippen LogP contribution in [0.5, 0.6) is 5.75 Å². The molecule has 0 aromatic heterocycles. The average Bonchev–Trinajstić information content (AvgIpc) is 2.58. The van der Waals surface area contributed by atoms with Crippen molar-refractivity contribution in [1.82, 2.24) is 10.2 Å². The van der Waals surface area contributed by atoms with Crippen molar-refractivity contribution in [3.05, 3.63) is 29.6 Å². The van der Waals surface area contributed by atoms with Gasteiger partial charge in [-0.3, -0.25) is 4.79 Å². The summed E-state index contributed by atoms with van der Waals surface area (Å²) < 4.78 is 19.1. The van der Waals surface area contributed by atoms with Gasteiger partial charge in [0.1, 0.15) is 11.6 Å². The molecule has 0 aliphatic carbocycles. The maximum Gasteiger partial charge on any atom is 0.256 e. The number of methoxy groups -OCH3 is 1. The van der Waals surface area contributed by atoms with Gasteiger partial charge in [0, 0.05) is 31.8 Å². The van der Waals surface area contributed by atoms with Crippen molar-refractivity contribution in [3.63, 3.8) is 0 Å². The number of amides is 1. The van der Waals surface area contributed by atoms with Crippen molar-refractivity contribution in [2.75, 3.05) is 33.4 Å². The Kier molecular flexibility index (Phi) is 6.53. The predicted octanol–water partition coefficient (Wildman–Crippen LogP) is 0.660. The molecular weight excluding hydrogens is 315 g/mol. The molecule has 1 fully saturated rings. The largest absolute Gasteiger partial charge is 0.497 e. The SMILES string of the molecule is COc1ccc(F)c(CN2CCC[C@@](O)(CNCCCO)C2=O)c1. The first-order chi connectivity index (χ1) is 11.5. The van der Waals surface area contributed by atoms with Crippen LogP contribution in [-0.4, -0.2) is 60.0 Å². The minimum atomic E-state index is -1.48. The molecule has 1 aliphatic heterocycles. The lowest BCUT2D eigenvalue weighted by Crippen LogP contribution is -2.57. The van der Waals surface area contributed by atoms with Gasteiger partial charge >= 0.3 is 0 Å².